The van der Waals surface area contributed by atoms with Crippen LogP contribution in [0.5, 0.6) is 0 Å². The first kappa shape index (κ1) is 18.1. The Morgan fingerprint density at radius 1 is 1.17 bits per heavy atom. The number of benzene rings is 2. The summed E-state index contributed by atoms with van der Waals surface area (Å²) < 4.78 is 32.8. The molecule has 146 valence electrons. The van der Waals surface area contributed by atoms with Crippen molar-refractivity contribution in [3.8, 4) is 0 Å². The fourth-order valence-electron chi connectivity index (χ4n) is 3.37. The van der Waals surface area contributed by atoms with Crippen molar-refractivity contribution in [2.75, 3.05) is 17.2 Å². The van der Waals surface area contributed by atoms with Crippen molar-refractivity contribution in [1.29, 1.82) is 0 Å². The van der Waals surface area contributed by atoms with Crippen molar-refractivity contribution in [2.24, 2.45) is 4.40 Å². The number of hydrogen-bond acceptors (Lipinski definition) is 7. The number of fused-ring (bicyclic) bond motifs is 4. The fraction of sp³-hybridized carbons (Fsp3) is 0.150. The average Bonchev–Trinajstić information content (AvgIpc) is 3.07. The summed E-state index contributed by atoms with van der Waals surface area (Å²) in [6, 6.07) is 14.8. The number of sulfonamides is 1. The minimum Gasteiger partial charge on any atom is -0.457 e. The highest BCUT2D eigenvalue weighted by Gasteiger charge is 2.33. The van der Waals surface area contributed by atoms with E-state index in [0.29, 0.717) is 17.3 Å². The van der Waals surface area contributed by atoms with Crippen LogP contribution >= 0.6 is 11.8 Å². The Morgan fingerprint density at radius 2 is 2.03 bits per heavy atom. The molecule has 0 aliphatic carbocycles. The van der Waals surface area contributed by atoms with Crippen molar-refractivity contribution < 1.29 is 17.9 Å². The average molecular weight is 425 g/mol. The molecule has 3 heterocycles. The third-order valence-corrected chi connectivity index (χ3v) is 7.09. The molecular weight excluding hydrogens is 410 g/mol. The number of para-hydroxylation sites is 1. The molecule has 0 radical (unpaired) electrons. The lowest BCUT2D eigenvalue weighted by molar-refractivity contribution is 0.0474. The summed E-state index contributed by atoms with van der Waals surface area (Å²) >= 11 is 1.25. The van der Waals surface area contributed by atoms with Gasteiger partial charge in [0.2, 0.25) is 0 Å². The zero-order valence-electron chi connectivity index (χ0n) is 15.1. The van der Waals surface area contributed by atoms with Gasteiger partial charge < -0.3 is 9.64 Å². The standard InChI is InChI=1S/C20H15N3O4S2/c24-19(27-12-15-4-1-3-13-5-2-8-21-18(13)15)14-6-7-16-17(11-14)28-20-22-29(25,26)10-9-23(16)20/h1-8,11H,9-10,12H2. The van der Waals surface area contributed by atoms with E-state index in [1.54, 1.807) is 24.4 Å². The number of rotatable bonds is 3. The molecule has 0 bridgehead atoms. The van der Waals surface area contributed by atoms with Gasteiger partial charge in [0.1, 0.15) is 6.61 Å². The van der Waals surface area contributed by atoms with Crippen LogP contribution in [0.4, 0.5) is 5.69 Å². The van der Waals surface area contributed by atoms with Gasteiger partial charge in [0.25, 0.3) is 10.0 Å². The second-order valence-electron chi connectivity index (χ2n) is 6.66. The van der Waals surface area contributed by atoms with Crippen molar-refractivity contribution in [1.82, 2.24) is 4.98 Å². The maximum atomic E-state index is 12.6. The highest BCUT2D eigenvalue weighted by molar-refractivity contribution is 8.15. The Bertz CT molecular complexity index is 1280. The minimum absolute atomic E-state index is 0.0145. The number of anilines is 1. The number of pyridine rings is 1. The second kappa shape index (κ2) is 6.85. The maximum Gasteiger partial charge on any atom is 0.338 e. The summed E-state index contributed by atoms with van der Waals surface area (Å²) in [6.45, 7) is 0.480. The van der Waals surface area contributed by atoms with E-state index < -0.39 is 16.0 Å². The molecule has 2 aliphatic heterocycles. The van der Waals surface area contributed by atoms with Gasteiger partial charge in [-0.2, -0.15) is 0 Å². The molecule has 1 aromatic heterocycles. The molecule has 0 amide bonds. The lowest BCUT2D eigenvalue weighted by atomic mass is 10.1. The van der Waals surface area contributed by atoms with Crippen LogP contribution in [0.2, 0.25) is 0 Å². The third-order valence-electron chi connectivity index (χ3n) is 4.78. The quantitative estimate of drug-likeness (QED) is 0.595. The first-order valence-corrected chi connectivity index (χ1v) is 11.3. The van der Waals surface area contributed by atoms with Crippen LogP contribution in [-0.4, -0.2) is 36.8 Å². The number of hydrogen-bond donors (Lipinski definition) is 0. The maximum absolute atomic E-state index is 12.6. The molecule has 5 rings (SSSR count). The predicted octanol–water partition coefficient (Wildman–Crippen LogP) is 3.20. The second-order valence-corrected chi connectivity index (χ2v) is 9.43. The number of nitrogens with zero attached hydrogens (tertiary/aromatic N) is 3. The number of amidine groups is 1. The number of carbonyl (C=O) groups excluding carboxylic acids is 1. The molecule has 0 atom stereocenters. The molecule has 0 unspecified atom stereocenters. The van der Waals surface area contributed by atoms with E-state index in [0.717, 1.165) is 27.0 Å². The molecule has 0 saturated carbocycles. The lowest BCUT2D eigenvalue weighted by Gasteiger charge is -2.22. The normalized spacial score (nSPS) is 16.8. The Balaban J connectivity index is 1.36. The monoisotopic (exact) mass is 425 g/mol. The lowest BCUT2D eigenvalue weighted by Crippen LogP contribution is -2.35. The number of esters is 1. The van der Waals surface area contributed by atoms with Crippen molar-refractivity contribution >= 4 is 49.5 Å². The van der Waals surface area contributed by atoms with E-state index >= 15 is 0 Å². The van der Waals surface area contributed by atoms with Gasteiger partial charge in [-0.25, -0.2) is 13.2 Å². The van der Waals surface area contributed by atoms with E-state index in [2.05, 4.69) is 9.38 Å². The van der Waals surface area contributed by atoms with E-state index in [1.807, 2.05) is 35.2 Å². The summed E-state index contributed by atoms with van der Waals surface area (Å²) in [4.78, 5) is 19.6. The largest absolute Gasteiger partial charge is 0.457 e. The molecule has 0 fully saturated rings. The van der Waals surface area contributed by atoms with Crippen LogP contribution in [0, 0.1) is 0 Å². The molecule has 9 heteroatoms. The number of ether oxygens (including phenoxy) is 1. The molecular formula is C20H15N3O4S2. The highest BCUT2D eigenvalue weighted by atomic mass is 32.2. The van der Waals surface area contributed by atoms with Gasteiger partial charge in [0, 0.05) is 28.6 Å². The first-order valence-electron chi connectivity index (χ1n) is 8.92. The van der Waals surface area contributed by atoms with Gasteiger partial charge in [0.05, 0.1) is 22.5 Å². The summed E-state index contributed by atoms with van der Waals surface area (Å²) in [5.74, 6) is -0.458. The summed E-state index contributed by atoms with van der Waals surface area (Å²) in [6.07, 6.45) is 1.71. The van der Waals surface area contributed by atoms with Crippen molar-refractivity contribution in [3.63, 3.8) is 0 Å². The molecule has 29 heavy (non-hydrogen) atoms. The Kier molecular flexibility index (Phi) is 4.29. The smallest absolute Gasteiger partial charge is 0.338 e. The van der Waals surface area contributed by atoms with Gasteiger partial charge in [-0.05, 0) is 36.0 Å². The fourth-order valence-corrected chi connectivity index (χ4v) is 5.66. The number of aromatic nitrogens is 1. The molecule has 3 aromatic rings. The first-order chi connectivity index (χ1) is 14.0. The Hall–Kier alpha value is -2.91. The van der Waals surface area contributed by atoms with Gasteiger partial charge >= 0.3 is 5.97 Å². The van der Waals surface area contributed by atoms with Crippen LogP contribution in [0.15, 0.2) is 64.0 Å². The minimum atomic E-state index is -3.41. The molecule has 2 aliphatic rings. The van der Waals surface area contributed by atoms with E-state index in [1.165, 1.54) is 11.8 Å². The topological polar surface area (TPSA) is 88.9 Å². The Labute approximate surface area is 171 Å². The van der Waals surface area contributed by atoms with Gasteiger partial charge in [-0.3, -0.25) is 4.98 Å². The zero-order valence-corrected chi connectivity index (χ0v) is 16.7. The summed E-state index contributed by atoms with van der Waals surface area (Å²) in [7, 11) is -3.41. The molecule has 2 aromatic carbocycles. The zero-order chi connectivity index (χ0) is 20.0. The van der Waals surface area contributed by atoms with Gasteiger partial charge in [-0.15, -0.1) is 4.40 Å². The van der Waals surface area contributed by atoms with Crippen LogP contribution in [-0.2, 0) is 21.4 Å². The molecule has 7 nitrogen and oxygen atoms in total. The number of carbonyl (C=O) groups is 1. The van der Waals surface area contributed by atoms with Crippen LogP contribution < -0.4 is 4.90 Å². The van der Waals surface area contributed by atoms with Crippen molar-refractivity contribution in [3.05, 3.63) is 65.9 Å². The van der Waals surface area contributed by atoms with Crippen LogP contribution in [0.1, 0.15) is 15.9 Å². The molecule has 0 saturated heterocycles. The third kappa shape index (κ3) is 3.36. The van der Waals surface area contributed by atoms with E-state index in [-0.39, 0.29) is 12.4 Å². The van der Waals surface area contributed by atoms with Crippen LogP contribution in [0.3, 0.4) is 0 Å². The van der Waals surface area contributed by atoms with Gasteiger partial charge in [0.15, 0.2) is 5.17 Å². The highest BCUT2D eigenvalue weighted by Crippen LogP contribution is 2.42. The number of thioether (sulfide) groups is 1. The summed E-state index contributed by atoms with van der Waals surface area (Å²) in [5, 5.41) is 1.42. The van der Waals surface area contributed by atoms with Crippen LogP contribution in [0.25, 0.3) is 10.9 Å². The summed E-state index contributed by atoms with van der Waals surface area (Å²) in [5.41, 5.74) is 2.92. The van der Waals surface area contributed by atoms with Gasteiger partial charge in [-0.1, -0.05) is 24.3 Å². The predicted molar refractivity (Wildman–Crippen MR) is 112 cm³/mol. The van der Waals surface area contributed by atoms with E-state index in [9.17, 15) is 13.2 Å². The SMILES string of the molecule is O=C(OCc1cccc2cccnc12)c1ccc2c(c1)SC1=NS(=O)(=O)CCN12. The van der Waals surface area contributed by atoms with Crippen molar-refractivity contribution in [2.45, 2.75) is 11.5 Å². The molecule has 0 N–H and O–H groups in total. The molecule has 0 spiro atoms. The Morgan fingerprint density at radius 3 is 2.93 bits per heavy atom. The van der Waals surface area contributed by atoms with E-state index in [4.69, 9.17) is 4.74 Å².